The molecule has 0 heterocycles. The molecule has 0 aromatic rings. The zero-order chi connectivity index (χ0) is 11.5. The quantitative estimate of drug-likeness (QED) is 0.571. The molecule has 15 heavy (non-hydrogen) atoms. The van der Waals surface area contributed by atoms with Crippen molar-refractivity contribution in [2.45, 2.75) is 34.6 Å². The molecule has 0 fully saturated rings. The molecule has 0 aromatic carbocycles. The van der Waals surface area contributed by atoms with Gasteiger partial charge in [0.15, 0.2) is 0 Å². The zero-order valence-electron chi connectivity index (χ0n) is 10.5. The van der Waals surface area contributed by atoms with E-state index in [0.717, 1.165) is 0 Å². The van der Waals surface area contributed by atoms with Gasteiger partial charge in [-0.25, -0.2) is 0 Å². The first-order valence-corrected chi connectivity index (χ1v) is 5.64. The highest BCUT2D eigenvalue weighted by Crippen LogP contribution is 2.37. The van der Waals surface area contributed by atoms with E-state index in [4.69, 9.17) is 0 Å². The average molecular weight is 202 g/mol. The van der Waals surface area contributed by atoms with Crippen LogP contribution >= 0.6 is 0 Å². The summed E-state index contributed by atoms with van der Waals surface area (Å²) in [5.41, 5.74) is 3.01. The second-order valence-electron chi connectivity index (χ2n) is 4.96. The third kappa shape index (κ3) is 2.95. The highest BCUT2D eigenvalue weighted by atomic mass is 14.3. The van der Waals surface area contributed by atoms with E-state index in [2.05, 4.69) is 71.1 Å². The molecule has 82 valence electrons. The van der Waals surface area contributed by atoms with Crippen molar-refractivity contribution in [3.8, 4) is 0 Å². The molecular weight excluding hydrogens is 180 g/mol. The Morgan fingerprint density at radius 3 is 2.60 bits per heavy atom. The number of hydrogen-bond donors (Lipinski definition) is 0. The van der Waals surface area contributed by atoms with Crippen molar-refractivity contribution in [1.82, 2.24) is 0 Å². The molecule has 0 spiro atoms. The van der Waals surface area contributed by atoms with Gasteiger partial charge in [0.05, 0.1) is 0 Å². The van der Waals surface area contributed by atoms with Crippen LogP contribution in [-0.2, 0) is 0 Å². The molecule has 0 radical (unpaired) electrons. The van der Waals surface area contributed by atoms with Crippen LogP contribution in [0.25, 0.3) is 0 Å². The Labute approximate surface area is 94.1 Å². The smallest absolute Gasteiger partial charge is 0.00662 e. The van der Waals surface area contributed by atoms with E-state index < -0.39 is 0 Å². The molecule has 0 bridgehead atoms. The highest BCUT2D eigenvalue weighted by Gasteiger charge is 2.27. The Hall–Kier alpha value is -1.04. The lowest BCUT2D eigenvalue weighted by molar-refractivity contribution is 0.381. The first kappa shape index (κ1) is 12.0. The zero-order valence-corrected chi connectivity index (χ0v) is 10.5. The van der Waals surface area contributed by atoms with E-state index in [1.54, 1.807) is 0 Å². The van der Waals surface area contributed by atoms with Gasteiger partial charge in [0.25, 0.3) is 0 Å². The van der Waals surface area contributed by atoms with E-state index in [1.165, 1.54) is 11.1 Å². The van der Waals surface area contributed by atoms with Crippen molar-refractivity contribution in [2.75, 3.05) is 0 Å². The van der Waals surface area contributed by atoms with Gasteiger partial charge in [-0.1, -0.05) is 61.4 Å². The summed E-state index contributed by atoms with van der Waals surface area (Å²) in [5.74, 6) is 0.525. The van der Waals surface area contributed by atoms with Gasteiger partial charge in [-0.15, -0.1) is 0 Å². The molecule has 1 aliphatic rings. The van der Waals surface area contributed by atoms with Gasteiger partial charge in [-0.05, 0) is 26.2 Å². The molecule has 1 rings (SSSR count). The minimum Gasteiger partial charge on any atom is -0.0847 e. The SMILES string of the molecule is C/C=C(C)\C=C\C1C(C)=CC=CC1(C)C. The summed E-state index contributed by atoms with van der Waals surface area (Å²) in [7, 11) is 0. The van der Waals surface area contributed by atoms with E-state index in [9.17, 15) is 0 Å². The molecule has 0 saturated carbocycles. The first-order chi connectivity index (χ1) is 6.97. The molecular formula is C15H22. The van der Waals surface area contributed by atoms with Crippen LogP contribution in [0.2, 0.25) is 0 Å². The van der Waals surface area contributed by atoms with E-state index in [0.29, 0.717) is 5.92 Å². The summed E-state index contributed by atoms with van der Waals surface area (Å²) < 4.78 is 0. The van der Waals surface area contributed by atoms with Gasteiger partial charge in [-0.3, -0.25) is 0 Å². The Balaban J connectivity index is 2.89. The molecule has 1 unspecified atom stereocenters. The maximum absolute atomic E-state index is 2.32. The van der Waals surface area contributed by atoms with Crippen molar-refractivity contribution in [3.63, 3.8) is 0 Å². The predicted octanol–water partition coefficient (Wildman–Crippen LogP) is 4.67. The summed E-state index contributed by atoms with van der Waals surface area (Å²) in [6.45, 7) is 11.0. The minimum atomic E-state index is 0.239. The monoisotopic (exact) mass is 202 g/mol. The fourth-order valence-corrected chi connectivity index (χ4v) is 1.99. The lowest BCUT2D eigenvalue weighted by atomic mass is 9.72. The highest BCUT2D eigenvalue weighted by molar-refractivity contribution is 5.30. The molecule has 1 aliphatic carbocycles. The van der Waals surface area contributed by atoms with E-state index in [1.807, 2.05) is 0 Å². The number of hydrogen-bond acceptors (Lipinski definition) is 0. The summed E-state index contributed by atoms with van der Waals surface area (Å²) in [5, 5.41) is 0. The predicted molar refractivity (Wildman–Crippen MR) is 68.7 cm³/mol. The van der Waals surface area contributed by atoms with Crippen LogP contribution in [0.3, 0.4) is 0 Å². The van der Waals surface area contributed by atoms with Gasteiger partial charge < -0.3 is 0 Å². The van der Waals surface area contributed by atoms with Gasteiger partial charge in [0.1, 0.15) is 0 Å². The fraction of sp³-hybridized carbons (Fsp3) is 0.467. The molecule has 0 nitrogen and oxygen atoms in total. The standard InChI is InChI=1S/C15H22/c1-6-12(2)9-10-14-13(3)8-7-11-15(14,4)5/h6-11,14H,1-5H3/b10-9+,12-6-. The van der Waals surface area contributed by atoms with Gasteiger partial charge in [0.2, 0.25) is 0 Å². The van der Waals surface area contributed by atoms with E-state index in [-0.39, 0.29) is 5.41 Å². The maximum Gasteiger partial charge on any atom is 0.00662 e. The Morgan fingerprint density at radius 2 is 2.07 bits per heavy atom. The van der Waals surface area contributed by atoms with Gasteiger partial charge >= 0.3 is 0 Å². The third-order valence-electron chi connectivity index (χ3n) is 3.18. The second kappa shape index (κ2) is 4.65. The molecule has 0 amide bonds. The van der Waals surface area contributed by atoms with Crippen molar-refractivity contribution in [3.05, 3.63) is 47.6 Å². The Morgan fingerprint density at radius 1 is 1.40 bits per heavy atom. The summed E-state index contributed by atoms with van der Waals surface area (Å²) in [6.07, 6.45) is 13.4. The van der Waals surface area contributed by atoms with Crippen LogP contribution < -0.4 is 0 Å². The molecule has 0 aliphatic heterocycles. The minimum absolute atomic E-state index is 0.239. The fourth-order valence-electron chi connectivity index (χ4n) is 1.99. The summed E-state index contributed by atoms with van der Waals surface area (Å²) >= 11 is 0. The van der Waals surface area contributed by atoms with Gasteiger partial charge in [0, 0.05) is 5.92 Å². The third-order valence-corrected chi connectivity index (χ3v) is 3.18. The maximum atomic E-state index is 2.32. The lowest BCUT2D eigenvalue weighted by Crippen LogP contribution is -2.23. The normalized spacial score (nSPS) is 25.8. The van der Waals surface area contributed by atoms with Crippen LogP contribution in [0.4, 0.5) is 0 Å². The molecule has 0 heteroatoms. The topological polar surface area (TPSA) is 0 Å². The Kier molecular flexibility index (Phi) is 3.73. The molecule has 0 aromatic heterocycles. The number of rotatable bonds is 2. The van der Waals surface area contributed by atoms with Gasteiger partial charge in [-0.2, -0.15) is 0 Å². The van der Waals surface area contributed by atoms with Crippen LogP contribution in [0, 0.1) is 11.3 Å². The Bertz CT molecular complexity index is 335. The average Bonchev–Trinajstić information content (AvgIpc) is 2.15. The van der Waals surface area contributed by atoms with Crippen LogP contribution in [0.15, 0.2) is 47.6 Å². The van der Waals surface area contributed by atoms with Crippen molar-refractivity contribution in [1.29, 1.82) is 0 Å². The van der Waals surface area contributed by atoms with Crippen LogP contribution in [-0.4, -0.2) is 0 Å². The summed E-state index contributed by atoms with van der Waals surface area (Å²) in [4.78, 5) is 0. The van der Waals surface area contributed by atoms with Crippen molar-refractivity contribution < 1.29 is 0 Å². The number of allylic oxidation sites excluding steroid dienone is 8. The second-order valence-corrected chi connectivity index (χ2v) is 4.96. The van der Waals surface area contributed by atoms with Crippen molar-refractivity contribution in [2.24, 2.45) is 11.3 Å². The van der Waals surface area contributed by atoms with E-state index >= 15 is 0 Å². The largest absolute Gasteiger partial charge is 0.0847 e. The first-order valence-electron chi connectivity index (χ1n) is 5.64. The van der Waals surface area contributed by atoms with Crippen LogP contribution in [0.1, 0.15) is 34.6 Å². The molecule has 0 N–H and O–H groups in total. The lowest BCUT2D eigenvalue weighted by Gasteiger charge is -2.32. The molecule has 0 saturated heterocycles. The van der Waals surface area contributed by atoms with Crippen molar-refractivity contribution >= 4 is 0 Å². The molecule has 1 atom stereocenters. The summed E-state index contributed by atoms with van der Waals surface area (Å²) in [6, 6.07) is 0. The van der Waals surface area contributed by atoms with Crippen LogP contribution in [0.5, 0.6) is 0 Å².